The smallest absolute Gasteiger partial charge is 0.0643 e. The van der Waals surface area contributed by atoms with Crippen LogP contribution in [0, 0.1) is 5.41 Å². The van der Waals surface area contributed by atoms with Gasteiger partial charge in [-0.25, -0.2) is 0 Å². The quantitative estimate of drug-likeness (QED) is 0.591. The van der Waals surface area contributed by atoms with Crippen LogP contribution in [0.5, 0.6) is 0 Å². The third kappa shape index (κ3) is 1.55. The van der Waals surface area contributed by atoms with Gasteiger partial charge in [-0.15, -0.1) is 0 Å². The summed E-state index contributed by atoms with van der Waals surface area (Å²) in [4.78, 5) is 0. The van der Waals surface area contributed by atoms with Crippen LogP contribution in [0.15, 0.2) is 0 Å². The molecule has 2 fully saturated rings. The first-order valence-corrected chi connectivity index (χ1v) is 4.27. The fourth-order valence-electron chi connectivity index (χ4n) is 1.28. The number of hydrogen-bond acceptors (Lipinski definition) is 3. The Morgan fingerprint density at radius 2 is 2.18 bits per heavy atom. The highest BCUT2D eigenvalue weighted by Crippen LogP contribution is 2.44. The topological polar surface area (TPSA) is 41.5 Å². The van der Waals surface area contributed by atoms with Gasteiger partial charge in [0.25, 0.3) is 0 Å². The van der Waals surface area contributed by atoms with Gasteiger partial charge in [0, 0.05) is 18.6 Å². The number of aliphatic hydroxyl groups excluding tert-OH is 1. The molecule has 1 saturated carbocycles. The molecule has 0 amide bonds. The molecule has 0 unspecified atom stereocenters. The predicted octanol–water partition coefficient (Wildman–Crippen LogP) is -0.253. The van der Waals surface area contributed by atoms with Crippen molar-refractivity contribution in [2.45, 2.75) is 18.9 Å². The van der Waals surface area contributed by atoms with Crippen molar-refractivity contribution in [3.63, 3.8) is 0 Å². The lowest BCUT2D eigenvalue weighted by Gasteiger charge is -2.28. The van der Waals surface area contributed by atoms with Gasteiger partial charge in [0.2, 0.25) is 0 Å². The zero-order valence-corrected chi connectivity index (χ0v) is 6.68. The van der Waals surface area contributed by atoms with Gasteiger partial charge in [-0.2, -0.15) is 0 Å². The first-order chi connectivity index (χ1) is 5.35. The van der Waals surface area contributed by atoms with Gasteiger partial charge < -0.3 is 15.2 Å². The maximum atomic E-state index is 8.99. The lowest BCUT2D eigenvalue weighted by Crippen LogP contribution is -2.48. The molecule has 0 spiro atoms. The van der Waals surface area contributed by atoms with E-state index in [0.29, 0.717) is 12.6 Å². The lowest BCUT2D eigenvalue weighted by molar-refractivity contribution is -0.00819. The highest BCUT2D eigenvalue weighted by Gasteiger charge is 2.42. The van der Waals surface area contributed by atoms with Crippen molar-refractivity contribution in [2.24, 2.45) is 5.41 Å². The van der Waals surface area contributed by atoms with E-state index in [9.17, 15) is 0 Å². The minimum Gasteiger partial charge on any atom is -0.396 e. The van der Waals surface area contributed by atoms with E-state index in [0.717, 1.165) is 19.8 Å². The summed E-state index contributed by atoms with van der Waals surface area (Å²) in [6.07, 6.45) is 2.37. The first kappa shape index (κ1) is 7.53. The largest absolute Gasteiger partial charge is 0.396 e. The Labute approximate surface area is 66.7 Å². The molecule has 2 aliphatic rings. The third-order valence-electron chi connectivity index (χ3n) is 2.70. The maximum absolute atomic E-state index is 8.99. The van der Waals surface area contributed by atoms with Crippen molar-refractivity contribution < 1.29 is 9.84 Å². The molecule has 1 aliphatic carbocycles. The van der Waals surface area contributed by atoms with Crippen molar-refractivity contribution in [2.75, 3.05) is 26.4 Å². The molecule has 11 heavy (non-hydrogen) atoms. The Hall–Kier alpha value is -0.120. The zero-order valence-electron chi connectivity index (χ0n) is 6.68. The molecule has 0 atom stereocenters. The molecule has 64 valence electrons. The molecule has 3 heteroatoms. The zero-order chi connectivity index (χ0) is 7.73. The second kappa shape index (κ2) is 2.73. The highest BCUT2D eigenvalue weighted by molar-refractivity contribution is 4.95. The van der Waals surface area contributed by atoms with Crippen LogP contribution >= 0.6 is 0 Å². The molecule has 0 bridgehead atoms. The van der Waals surface area contributed by atoms with Crippen molar-refractivity contribution in [3.8, 4) is 0 Å². The molecule has 2 N–H and O–H groups in total. The molecule has 3 nitrogen and oxygen atoms in total. The van der Waals surface area contributed by atoms with Crippen molar-refractivity contribution >= 4 is 0 Å². The van der Waals surface area contributed by atoms with E-state index in [1.165, 1.54) is 12.8 Å². The molecule has 0 aromatic rings. The van der Waals surface area contributed by atoms with E-state index in [1.807, 2.05) is 0 Å². The summed E-state index contributed by atoms with van der Waals surface area (Å²) in [5, 5.41) is 12.4. The summed E-state index contributed by atoms with van der Waals surface area (Å²) < 4.78 is 5.03. The normalized spacial score (nSPS) is 28.1. The van der Waals surface area contributed by atoms with Gasteiger partial charge in [0.05, 0.1) is 19.3 Å². The summed E-state index contributed by atoms with van der Waals surface area (Å²) in [5.74, 6) is 0. The summed E-state index contributed by atoms with van der Waals surface area (Å²) in [7, 11) is 0. The Balaban J connectivity index is 1.65. The molecule has 0 aromatic heterocycles. The number of rotatable bonds is 4. The van der Waals surface area contributed by atoms with Gasteiger partial charge in [-0.3, -0.25) is 0 Å². The van der Waals surface area contributed by atoms with Crippen molar-refractivity contribution in [1.29, 1.82) is 0 Å². The minimum absolute atomic E-state index is 0.246. The second-order valence-electron chi connectivity index (χ2n) is 3.77. The molecule has 0 aromatic carbocycles. The van der Waals surface area contributed by atoms with Crippen LogP contribution in [0.4, 0.5) is 0 Å². The average molecular weight is 157 g/mol. The van der Waals surface area contributed by atoms with Crippen molar-refractivity contribution in [3.05, 3.63) is 0 Å². The van der Waals surface area contributed by atoms with Gasteiger partial charge >= 0.3 is 0 Å². The number of aliphatic hydroxyl groups is 1. The number of ether oxygens (including phenoxy) is 1. The van der Waals surface area contributed by atoms with Gasteiger partial charge in [0.1, 0.15) is 0 Å². The van der Waals surface area contributed by atoms with Crippen LogP contribution in [-0.4, -0.2) is 37.5 Å². The summed E-state index contributed by atoms with van der Waals surface area (Å²) in [6, 6.07) is 0.555. The molecular formula is C8H15NO2. The fraction of sp³-hybridized carbons (Fsp3) is 1.00. The fourth-order valence-corrected chi connectivity index (χ4v) is 1.28. The second-order valence-corrected chi connectivity index (χ2v) is 3.77. The third-order valence-corrected chi connectivity index (χ3v) is 2.70. The van der Waals surface area contributed by atoms with E-state index in [2.05, 4.69) is 5.32 Å². The Kier molecular flexibility index (Phi) is 1.87. The summed E-state index contributed by atoms with van der Waals surface area (Å²) in [6.45, 7) is 3.01. The summed E-state index contributed by atoms with van der Waals surface area (Å²) in [5.41, 5.74) is 0.246. The SMILES string of the molecule is OCC1(CNC2COC2)CC1. The van der Waals surface area contributed by atoms with Crippen LogP contribution in [0.25, 0.3) is 0 Å². The lowest BCUT2D eigenvalue weighted by atomic mass is 10.1. The molecular weight excluding hydrogens is 142 g/mol. The van der Waals surface area contributed by atoms with Crippen LogP contribution in [0.1, 0.15) is 12.8 Å². The summed E-state index contributed by atoms with van der Waals surface area (Å²) >= 11 is 0. The Morgan fingerprint density at radius 3 is 2.55 bits per heavy atom. The number of nitrogens with one attached hydrogen (secondary N) is 1. The molecule has 0 radical (unpaired) electrons. The van der Waals surface area contributed by atoms with E-state index in [4.69, 9.17) is 9.84 Å². The highest BCUT2D eigenvalue weighted by atomic mass is 16.5. The Morgan fingerprint density at radius 1 is 1.45 bits per heavy atom. The van der Waals surface area contributed by atoms with E-state index >= 15 is 0 Å². The average Bonchev–Trinajstić information content (AvgIpc) is 2.66. The standard InChI is InChI=1S/C8H15NO2/c10-6-8(1-2-8)5-9-7-3-11-4-7/h7,9-10H,1-6H2. The molecule has 1 aliphatic heterocycles. The van der Waals surface area contributed by atoms with E-state index < -0.39 is 0 Å². The van der Waals surface area contributed by atoms with Crippen LogP contribution < -0.4 is 5.32 Å². The molecule has 1 saturated heterocycles. The van der Waals surface area contributed by atoms with E-state index in [1.54, 1.807) is 0 Å². The molecule has 2 rings (SSSR count). The maximum Gasteiger partial charge on any atom is 0.0643 e. The van der Waals surface area contributed by atoms with Gasteiger partial charge in [0.15, 0.2) is 0 Å². The predicted molar refractivity (Wildman–Crippen MR) is 41.4 cm³/mol. The first-order valence-electron chi connectivity index (χ1n) is 4.27. The van der Waals surface area contributed by atoms with Crippen molar-refractivity contribution in [1.82, 2.24) is 5.32 Å². The van der Waals surface area contributed by atoms with E-state index in [-0.39, 0.29) is 5.41 Å². The van der Waals surface area contributed by atoms with Gasteiger partial charge in [-0.1, -0.05) is 0 Å². The minimum atomic E-state index is 0.246. The van der Waals surface area contributed by atoms with Crippen LogP contribution in [-0.2, 0) is 4.74 Å². The number of hydrogen-bond donors (Lipinski definition) is 2. The molecule has 1 heterocycles. The Bertz CT molecular complexity index is 141. The van der Waals surface area contributed by atoms with Crippen LogP contribution in [0.2, 0.25) is 0 Å². The van der Waals surface area contributed by atoms with Crippen LogP contribution in [0.3, 0.4) is 0 Å². The monoisotopic (exact) mass is 157 g/mol. The van der Waals surface area contributed by atoms with Gasteiger partial charge in [-0.05, 0) is 12.8 Å².